The maximum absolute atomic E-state index is 14.0. The fourth-order valence-corrected chi connectivity index (χ4v) is 3.52. The van der Waals surface area contributed by atoms with E-state index < -0.39 is 44.8 Å². The minimum atomic E-state index is -4.14. The second-order valence-corrected chi connectivity index (χ2v) is 6.27. The fraction of sp³-hybridized carbons (Fsp3) is 0.500. The molecule has 1 heterocycles. The van der Waals surface area contributed by atoms with Crippen molar-refractivity contribution in [2.45, 2.75) is 37.0 Å². The van der Waals surface area contributed by atoms with E-state index in [2.05, 4.69) is 4.72 Å². The number of rotatable bonds is 4. The van der Waals surface area contributed by atoms with Gasteiger partial charge < -0.3 is 9.84 Å². The summed E-state index contributed by atoms with van der Waals surface area (Å²) in [4.78, 5) is -0.679. The second kappa shape index (κ2) is 5.72. The van der Waals surface area contributed by atoms with Gasteiger partial charge in [0.15, 0.2) is 5.82 Å². The predicted molar refractivity (Wildman–Crippen MR) is 66.4 cm³/mol. The SMILES string of the molecule is CC1OCCC1NS(=O)(=O)c1ccc(F)c(CO)c1F. The van der Waals surface area contributed by atoms with Crippen LogP contribution in [0.15, 0.2) is 17.0 Å². The number of hydrogen-bond donors (Lipinski definition) is 2. The molecule has 0 bridgehead atoms. The molecule has 112 valence electrons. The molecule has 8 heteroatoms. The number of benzene rings is 1. The summed E-state index contributed by atoms with van der Waals surface area (Å²) < 4.78 is 59.0. The van der Waals surface area contributed by atoms with Gasteiger partial charge in [-0.2, -0.15) is 0 Å². The largest absolute Gasteiger partial charge is 0.391 e. The lowest BCUT2D eigenvalue weighted by Gasteiger charge is -2.17. The first kappa shape index (κ1) is 15.3. The zero-order valence-corrected chi connectivity index (χ0v) is 11.6. The molecule has 2 atom stereocenters. The summed E-state index contributed by atoms with van der Waals surface area (Å²) in [5, 5.41) is 8.90. The lowest BCUT2D eigenvalue weighted by atomic mass is 10.2. The van der Waals surface area contributed by atoms with Gasteiger partial charge in [0, 0.05) is 6.61 Å². The van der Waals surface area contributed by atoms with Gasteiger partial charge in [-0.05, 0) is 25.5 Å². The van der Waals surface area contributed by atoms with Crippen LogP contribution in [0.3, 0.4) is 0 Å². The van der Waals surface area contributed by atoms with E-state index in [4.69, 9.17) is 9.84 Å². The molecule has 5 nitrogen and oxygen atoms in total. The van der Waals surface area contributed by atoms with Crippen molar-refractivity contribution in [2.24, 2.45) is 0 Å². The molecule has 0 aliphatic carbocycles. The molecule has 20 heavy (non-hydrogen) atoms. The molecular weight excluding hydrogens is 292 g/mol. The Labute approximate surface area is 115 Å². The maximum atomic E-state index is 14.0. The third-order valence-corrected chi connectivity index (χ3v) is 4.79. The van der Waals surface area contributed by atoms with Crippen LogP contribution in [-0.2, 0) is 21.4 Å². The molecule has 1 fully saturated rings. The lowest BCUT2D eigenvalue weighted by Crippen LogP contribution is -2.39. The van der Waals surface area contributed by atoms with Gasteiger partial charge in [0.05, 0.1) is 24.3 Å². The molecule has 1 saturated heterocycles. The van der Waals surface area contributed by atoms with Gasteiger partial charge in [0.25, 0.3) is 0 Å². The van der Waals surface area contributed by atoms with Gasteiger partial charge in [-0.15, -0.1) is 0 Å². The number of aliphatic hydroxyl groups excluding tert-OH is 1. The number of ether oxygens (including phenoxy) is 1. The molecule has 0 saturated carbocycles. The first-order chi connectivity index (χ1) is 9.36. The summed E-state index contributed by atoms with van der Waals surface area (Å²) in [6.45, 7) is 1.21. The molecule has 1 aromatic rings. The van der Waals surface area contributed by atoms with Crippen LogP contribution in [0.2, 0.25) is 0 Å². The average Bonchev–Trinajstić information content (AvgIpc) is 2.74. The molecular formula is C12H15F2NO4S. The normalized spacial score (nSPS) is 23.2. The Balaban J connectivity index is 2.35. The van der Waals surface area contributed by atoms with E-state index in [1.54, 1.807) is 6.92 Å². The average molecular weight is 307 g/mol. The minimum absolute atomic E-state index is 0.314. The smallest absolute Gasteiger partial charge is 0.243 e. The van der Waals surface area contributed by atoms with Crippen LogP contribution >= 0.6 is 0 Å². The lowest BCUT2D eigenvalue weighted by molar-refractivity contribution is 0.117. The van der Waals surface area contributed by atoms with Crippen LogP contribution in [0.1, 0.15) is 18.9 Å². The summed E-state index contributed by atoms with van der Waals surface area (Å²) in [5.41, 5.74) is -0.663. The number of nitrogens with one attached hydrogen (secondary N) is 1. The molecule has 0 spiro atoms. The predicted octanol–water partition coefficient (Wildman–Crippen LogP) is 0.913. The summed E-state index contributed by atoms with van der Waals surface area (Å²) >= 11 is 0. The number of halogens is 2. The van der Waals surface area contributed by atoms with Gasteiger partial charge >= 0.3 is 0 Å². The highest BCUT2D eigenvalue weighted by Crippen LogP contribution is 2.23. The zero-order chi connectivity index (χ0) is 14.9. The second-order valence-electron chi connectivity index (χ2n) is 4.59. The number of hydrogen-bond acceptors (Lipinski definition) is 4. The highest BCUT2D eigenvalue weighted by atomic mass is 32.2. The Hall–Kier alpha value is -1.09. The van der Waals surface area contributed by atoms with Crippen molar-refractivity contribution >= 4 is 10.0 Å². The zero-order valence-electron chi connectivity index (χ0n) is 10.8. The van der Waals surface area contributed by atoms with Crippen LogP contribution < -0.4 is 4.72 Å². The highest BCUT2D eigenvalue weighted by Gasteiger charge is 2.31. The van der Waals surface area contributed by atoms with Gasteiger partial charge in [0.1, 0.15) is 10.7 Å². The fourth-order valence-electron chi connectivity index (χ4n) is 2.08. The van der Waals surface area contributed by atoms with Gasteiger partial charge in [-0.3, -0.25) is 0 Å². The van der Waals surface area contributed by atoms with E-state index >= 15 is 0 Å². The van der Waals surface area contributed by atoms with Crippen molar-refractivity contribution in [1.29, 1.82) is 0 Å². The Morgan fingerprint density at radius 3 is 2.70 bits per heavy atom. The molecule has 2 N–H and O–H groups in total. The molecule has 1 aromatic carbocycles. The summed E-state index contributed by atoms with van der Waals surface area (Å²) in [5.74, 6) is -2.26. The van der Waals surface area contributed by atoms with Crippen LogP contribution in [0.25, 0.3) is 0 Å². The van der Waals surface area contributed by atoms with Crippen LogP contribution in [-0.4, -0.2) is 32.3 Å². The van der Waals surface area contributed by atoms with Crippen molar-refractivity contribution in [3.63, 3.8) is 0 Å². The van der Waals surface area contributed by atoms with Crippen molar-refractivity contribution in [3.05, 3.63) is 29.3 Å². The van der Waals surface area contributed by atoms with E-state index in [-0.39, 0.29) is 6.10 Å². The van der Waals surface area contributed by atoms with Crippen molar-refractivity contribution in [1.82, 2.24) is 4.72 Å². The van der Waals surface area contributed by atoms with E-state index in [0.717, 1.165) is 12.1 Å². The van der Waals surface area contributed by atoms with Gasteiger partial charge in [0.2, 0.25) is 10.0 Å². The molecule has 1 aliphatic rings. The van der Waals surface area contributed by atoms with Crippen LogP contribution in [0, 0.1) is 11.6 Å². The number of sulfonamides is 1. The minimum Gasteiger partial charge on any atom is -0.391 e. The molecule has 1 aliphatic heterocycles. The third kappa shape index (κ3) is 2.83. The third-order valence-electron chi connectivity index (χ3n) is 3.28. The summed E-state index contributed by atoms with van der Waals surface area (Å²) in [6, 6.07) is 1.20. The molecule has 0 radical (unpaired) electrons. The van der Waals surface area contributed by atoms with Crippen molar-refractivity contribution in [2.75, 3.05) is 6.61 Å². The van der Waals surface area contributed by atoms with E-state index in [0.29, 0.717) is 13.0 Å². The van der Waals surface area contributed by atoms with Crippen molar-refractivity contribution in [3.8, 4) is 0 Å². The Bertz CT molecular complexity index is 606. The topological polar surface area (TPSA) is 75.6 Å². The Morgan fingerprint density at radius 1 is 1.45 bits per heavy atom. The first-order valence-electron chi connectivity index (χ1n) is 6.08. The first-order valence-corrected chi connectivity index (χ1v) is 7.57. The van der Waals surface area contributed by atoms with E-state index in [9.17, 15) is 17.2 Å². The van der Waals surface area contributed by atoms with E-state index in [1.165, 1.54) is 0 Å². The van der Waals surface area contributed by atoms with Gasteiger partial charge in [-0.1, -0.05) is 0 Å². The monoisotopic (exact) mass is 307 g/mol. The summed E-state index contributed by atoms with van der Waals surface area (Å²) in [6.07, 6.45) is 0.168. The van der Waals surface area contributed by atoms with Gasteiger partial charge in [-0.25, -0.2) is 21.9 Å². The van der Waals surface area contributed by atoms with Crippen molar-refractivity contribution < 1.29 is 27.0 Å². The molecule has 0 aromatic heterocycles. The summed E-state index contributed by atoms with van der Waals surface area (Å²) in [7, 11) is -4.14. The van der Waals surface area contributed by atoms with Crippen LogP contribution in [0.5, 0.6) is 0 Å². The van der Waals surface area contributed by atoms with Crippen LogP contribution in [0.4, 0.5) is 8.78 Å². The molecule has 0 amide bonds. The molecule has 2 rings (SSSR count). The number of aliphatic hydroxyl groups is 1. The molecule has 2 unspecified atom stereocenters. The quantitative estimate of drug-likeness (QED) is 0.867. The highest BCUT2D eigenvalue weighted by molar-refractivity contribution is 7.89. The Kier molecular flexibility index (Phi) is 4.38. The standard InChI is InChI=1S/C12H15F2NO4S/c1-7-10(4-5-19-7)15-20(17,18)11-3-2-9(13)8(6-16)12(11)14/h2-3,7,10,15-16H,4-6H2,1H3. The Morgan fingerprint density at radius 2 is 2.15 bits per heavy atom. The maximum Gasteiger partial charge on any atom is 0.243 e. The van der Waals surface area contributed by atoms with E-state index in [1.807, 2.05) is 0 Å².